The average Bonchev–Trinajstić information content (AvgIpc) is 3.21. The second-order valence-electron chi connectivity index (χ2n) is 6.73. The number of thiazole rings is 1. The Kier molecular flexibility index (Phi) is 6.99. The molecule has 1 N–H and O–H groups in total. The van der Waals surface area contributed by atoms with E-state index in [2.05, 4.69) is 15.3 Å². The van der Waals surface area contributed by atoms with Gasteiger partial charge in [-0.2, -0.15) is 0 Å². The maximum atomic E-state index is 12.9. The molecular formula is C22H25N3O4S. The Hall–Kier alpha value is -3.00. The summed E-state index contributed by atoms with van der Waals surface area (Å²) >= 11 is 1.46. The van der Waals surface area contributed by atoms with Crippen molar-refractivity contribution in [2.45, 2.75) is 33.6 Å². The zero-order valence-corrected chi connectivity index (χ0v) is 18.3. The zero-order chi connectivity index (χ0) is 21.7. The number of esters is 2. The van der Waals surface area contributed by atoms with E-state index in [1.165, 1.54) is 11.3 Å². The number of allylic oxidation sites excluding steroid dienone is 1. The molecule has 0 saturated carbocycles. The lowest BCUT2D eigenvalue weighted by Crippen LogP contribution is -2.36. The van der Waals surface area contributed by atoms with Crippen molar-refractivity contribution >= 4 is 39.8 Å². The lowest BCUT2D eigenvalue weighted by atomic mass is 9.75. The van der Waals surface area contributed by atoms with Crippen LogP contribution in [0.15, 0.2) is 52.1 Å². The molecule has 7 nitrogen and oxygen atoms in total. The highest BCUT2D eigenvalue weighted by Crippen LogP contribution is 2.43. The fourth-order valence-corrected chi connectivity index (χ4v) is 4.21. The largest absolute Gasteiger partial charge is 0.465 e. The number of rotatable bonds is 7. The number of benzene rings is 1. The van der Waals surface area contributed by atoms with Crippen LogP contribution < -0.4 is 5.32 Å². The molecule has 2 atom stereocenters. The van der Waals surface area contributed by atoms with E-state index in [0.717, 1.165) is 16.4 Å². The third kappa shape index (κ3) is 4.43. The van der Waals surface area contributed by atoms with Crippen LogP contribution in [0.25, 0.3) is 0 Å². The van der Waals surface area contributed by atoms with E-state index in [9.17, 15) is 9.59 Å². The van der Waals surface area contributed by atoms with Gasteiger partial charge in [-0.1, -0.05) is 18.2 Å². The van der Waals surface area contributed by atoms with Gasteiger partial charge in [-0.3, -0.25) is 9.79 Å². The third-order valence-electron chi connectivity index (χ3n) is 4.83. The fraction of sp³-hybridized carbons (Fsp3) is 0.364. The number of nitrogens with one attached hydrogen (secondary N) is 1. The lowest BCUT2D eigenvalue weighted by molar-refractivity contribution is -0.146. The van der Waals surface area contributed by atoms with E-state index in [-0.39, 0.29) is 13.2 Å². The molecule has 1 aromatic heterocycles. The van der Waals surface area contributed by atoms with Crippen molar-refractivity contribution in [1.29, 1.82) is 0 Å². The molecule has 0 spiro atoms. The van der Waals surface area contributed by atoms with Crippen LogP contribution in [0.1, 0.15) is 39.2 Å². The summed E-state index contributed by atoms with van der Waals surface area (Å²) in [4.78, 5) is 34.6. The number of carbonyl (C=O) groups is 2. The average molecular weight is 428 g/mol. The number of ether oxygens (including phenoxy) is 2. The van der Waals surface area contributed by atoms with Crippen molar-refractivity contribution in [2.24, 2.45) is 10.9 Å². The minimum Gasteiger partial charge on any atom is -0.465 e. The number of hydrogen-bond donors (Lipinski definition) is 1. The summed E-state index contributed by atoms with van der Waals surface area (Å²) in [6.45, 7) is 7.53. The maximum Gasteiger partial charge on any atom is 0.336 e. The number of hydrogen-bond acceptors (Lipinski definition) is 8. The van der Waals surface area contributed by atoms with Gasteiger partial charge in [0.2, 0.25) is 0 Å². The Balaban J connectivity index is 2.16. The van der Waals surface area contributed by atoms with Crippen molar-refractivity contribution in [1.82, 2.24) is 4.98 Å². The van der Waals surface area contributed by atoms with Gasteiger partial charge in [-0.05, 0) is 39.3 Å². The minimum atomic E-state index is -0.729. The first-order chi connectivity index (χ1) is 14.5. The Morgan fingerprint density at radius 2 is 1.87 bits per heavy atom. The van der Waals surface area contributed by atoms with E-state index in [0.29, 0.717) is 17.0 Å². The third-order valence-corrected chi connectivity index (χ3v) is 5.52. The molecule has 1 aromatic carbocycles. The van der Waals surface area contributed by atoms with E-state index in [4.69, 9.17) is 9.47 Å². The first kappa shape index (κ1) is 21.7. The predicted molar refractivity (Wildman–Crippen MR) is 117 cm³/mol. The number of aliphatic imine (C=N–C) groups is 1. The van der Waals surface area contributed by atoms with Gasteiger partial charge >= 0.3 is 11.9 Å². The smallest absolute Gasteiger partial charge is 0.336 e. The summed E-state index contributed by atoms with van der Waals surface area (Å²) < 4.78 is 10.7. The van der Waals surface area contributed by atoms with Crippen LogP contribution in [-0.2, 0) is 19.1 Å². The molecule has 0 saturated heterocycles. The van der Waals surface area contributed by atoms with Crippen LogP contribution >= 0.6 is 11.3 Å². The second-order valence-corrected chi connectivity index (χ2v) is 7.62. The molecule has 1 aliphatic rings. The molecule has 0 bridgehead atoms. The predicted octanol–water partition coefficient (Wildman–Crippen LogP) is 4.46. The molecule has 0 fully saturated rings. The van der Waals surface area contributed by atoms with Gasteiger partial charge in [-0.25, -0.2) is 9.78 Å². The highest BCUT2D eigenvalue weighted by atomic mass is 32.1. The first-order valence-electron chi connectivity index (χ1n) is 9.83. The highest BCUT2D eigenvalue weighted by Gasteiger charge is 2.43. The highest BCUT2D eigenvalue weighted by molar-refractivity contribution is 7.13. The molecule has 3 rings (SSSR count). The number of carbonyl (C=O) groups excluding carboxylic acids is 2. The van der Waals surface area contributed by atoms with Crippen LogP contribution in [0, 0.1) is 5.92 Å². The maximum absolute atomic E-state index is 12.9. The number of aromatic nitrogens is 1. The van der Waals surface area contributed by atoms with Crippen molar-refractivity contribution in [2.75, 3.05) is 18.5 Å². The van der Waals surface area contributed by atoms with Crippen molar-refractivity contribution in [3.8, 4) is 0 Å². The van der Waals surface area contributed by atoms with Crippen molar-refractivity contribution in [3.63, 3.8) is 0 Å². The zero-order valence-electron chi connectivity index (χ0n) is 17.5. The Morgan fingerprint density at radius 1 is 1.13 bits per heavy atom. The molecule has 2 aromatic rings. The number of nitrogens with zero attached hydrogens (tertiary/aromatic N) is 2. The van der Waals surface area contributed by atoms with E-state index in [1.54, 1.807) is 33.9 Å². The van der Waals surface area contributed by atoms with Crippen LogP contribution in [0.2, 0.25) is 0 Å². The summed E-state index contributed by atoms with van der Waals surface area (Å²) in [6, 6.07) is 7.57. The lowest BCUT2D eigenvalue weighted by Gasteiger charge is -2.32. The molecule has 158 valence electrons. The van der Waals surface area contributed by atoms with Crippen molar-refractivity contribution in [3.05, 3.63) is 52.7 Å². The van der Waals surface area contributed by atoms with Gasteiger partial charge in [0.25, 0.3) is 0 Å². The Bertz CT molecular complexity index is 982. The Labute approximate surface area is 179 Å². The summed E-state index contributed by atoms with van der Waals surface area (Å²) in [5.41, 5.74) is 3.06. The molecule has 30 heavy (non-hydrogen) atoms. The van der Waals surface area contributed by atoms with Gasteiger partial charge in [0.1, 0.15) is 5.92 Å². The standard InChI is InChI=1S/C22H25N3O4S/c1-5-28-20(26)17-13(3)24-14(4)18(21(27)29-6-2)19(17)15-9-7-8-10-16(15)25-22-23-11-12-30-22/h7-12,17,19H,5-6H2,1-4H3,(H,23,25). The molecule has 2 heterocycles. The van der Waals surface area contributed by atoms with E-state index < -0.39 is 23.8 Å². The van der Waals surface area contributed by atoms with Crippen LogP contribution in [0.4, 0.5) is 10.8 Å². The van der Waals surface area contributed by atoms with Crippen LogP contribution in [0.3, 0.4) is 0 Å². The molecule has 0 radical (unpaired) electrons. The quantitative estimate of drug-likeness (QED) is 0.656. The van der Waals surface area contributed by atoms with Gasteiger partial charge in [0, 0.05) is 34.6 Å². The summed E-state index contributed by atoms with van der Waals surface area (Å²) in [6.07, 6.45) is 1.71. The molecule has 2 unspecified atom stereocenters. The summed E-state index contributed by atoms with van der Waals surface area (Å²) in [5, 5.41) is 5.89. The molecule has 0 aliphatic carbocycles. The minimum absolute atomic E-state index is 0.230. The monoisotopic (exact) mass is 427 g/mol. The molecule has 0 amide bonds. The summed E-state index contributed by atoms with van der Waals surface area (Å²) in [5.74, 6) is -2.21. The van der Waals surface area contributed by atoms with E-state index in [1.807, 2.05) is 29.6 Å². The number of para-hydroxylation sites is 1. The SMILES string of the molecule is CCOC(=O)C1=C(C)N=C(C)C(C(=O)OCC)C1c1ccccc1Nc1nccs1. The second kappa shape index (κ2) is 9.67. The van der Waals surface area contributed by atoms with Crippen LogP contribution in [-0.4, -0.2) is 35.8 Å². The van der Waals surface area contributed by atoms with E-state index >= 15 is 0 Å². The molecular weight excluding hydrogens is 402 g/mol. The fourth-order valence-electron chi connectivity index (χ4n) is 3.67. The van der Waals surface area contributed by atoms with Gasteiger partial charge < -0.3 is 14.8 Å². The molecule has 8 heteroatoms. The van der Waals surface area contributed by atoms with Gasteiger partial charge in [0.05, 0.1) is 18.8 Å². The first-order valence-corrected chi connectivity index (χ1v) is 10.7. The Morgan fingerprint density at radius 3 is 2.53 bits per heavy atom. The van der Waals surface area contributed by atoms with Gasteiger partial charge in [0.15, 0.2) is 5.13 Å². The van der Waals surface area contributed by atoms with Crippen LogP contribution in [0.5, 0.6) is 0 Å². The normalized spacial score (nSPS) is 18.6. The number of anilines is 2. The van der Waals surface area contributed by atoms with Gasteiger partial charge in [-0.15, -0.1) is 11.3 Å². The van der Waals surface area contributed by atoms with Crippen molar-refractivity contribution < 1.29 is 19.1 Å². The topological polar surface area (TPSA) is 89.9 Å². The molecule has 1 aliphatic heterocycles. The summed E-state index contributed by atoms with van der Waals surface area (Å²) in [7, 11) is 0.